The first-order valence-electron chi connectivity index (χ1n) is 9.81. The molecule has 0 aliphatic carbocycles. The van der Waals surface area contributed by atoms with Gasteiger partial charge in [0.05, 0.1) is 0 Å². The van der Waals surface area contributed by atoms with Crippen molar-refractivity contribution in [2.45, 2.75) is 26.7 Å². The van der Waals surface area contributed by atoms with Gasteiger partial charge in [0, 0.05) is 38.4 Å². The summed E-state index contributed by atoms with van der Waals surface area (Å²) in [5.41, 5.74) is 2.57. The monoisotopic (exact) mass is 367 g/mol. The third-order valence-electron chi connectivity index (χ3n) is 4.95. The van der Waals surface area contributed by atoms with Gasteiger partial charge in [-0.1, -0.05) is 37.3 Å². The van der Waals surface area contributed by atoms with Gasteiger partial charge in [-0.3, -0.25) is 4.79 Å². The molecule has 1 aliphatic heterocycles. The van der Waals surface area contributed by atoms with Crippen LogP contribution in [0, 0.1) is 6.92 Å². The molecule has 0 unspecified atom stereocenters. The van der Waals surface area contributed by atoms with Crippen LogP contribution in [-0.2, 0) is 6.42 Å². The zero-order valence-corrected chi connectivity index (χ0v) is 16.3. The molecular weight excluding hydrogens is 338 g/mol. The first kappa shape index (κ1) is 19.3. The highest BCUT2D eigenvalue weighted by Crippen LogP contribution is 2.13. The molecule has 3 rings (SSSR count). The molecule has 1 aromatic heterocycles. The van der Waals surface area contributed by atoms with E-state index in [0.717, 1.165) is 51.3 Å². The number of anilines is 1. The van der Waals surface area contributed by atoms with Gasteiger partial charge in [0.1, 0.15) is 5.69 Å². The quantitative estimate of drug-likeness (QED) is 0.761. The summed E-state index contributed by atoms with van der Waals surface area (Å²) < 4.78 is 0. The lowest BCUT2D eigenvalue weighted by atomic mass is 10.1. The van der Waals surface area contributed by atoms with Crippen molar-refractivity contribution in [2.75, 3.05) is 44.2 Å². The highest BCUT2D eigenvalue weighted by Gasteiger charge is 2.19. The van der Waals surface area contributed by atoms with Gasteiger partial charge in [0.15, 0.2) is 0 Å². The van der Waals surface area contributed by atoms with Crippen molar-refractivity contribution in [3.8, 4) is 0 Å². The molecule has 1 saturated heterocycles. The zero-order valence-electron chi connectivity index (χ0n) is 16.3. The fourth-order valence-corrected chi connectivity index (χ4v) is 3.30. The average molecular weight is 367 g/mol. The summed E-state index contributed by atoms with van der Waals surface area (Å²) >= 11 is 0. The number of likely N-dealkylation sites (N-methyl/N-ethyl adjacent to an activating group) is 1. The molecule has 1 aromatic carbocycles. The molecule has 0 saturated carbocycles. The van der Waals surface area contributed by atoms with Crippen LogP contribution < -0.4 is 10.2 Å². The Morgan fingerprint density at radius 2 is 1.85 bits per heavy atom. The fraction of sp³-hybridized carbons (Fsp3) is 0.476. The molecule has 2 heterocycles. The van der Waals surface area contributed by atoms with Crippen LogP contribution in [-0.4, -0.2) is 60.0 Å². The molecular formula is C21H29N5O. The van der Waals surface area contributed by atoms with Crippen molar-refractivity contribution in [1.82, 2.24) is 20.2 Å². The lowest BCUT2D eigenvalue weighted by Crippen LogP contribution is -2.47. The third kappa shape index (κ3) is 5.50. The van der Waals surface area contributed by atoms with Crippen LogP contribution in [0.4, 0.5) is 5.95 Å². The van der Waals surface area contributed by atoms with Crippen LogP contribution in [0.15, 0.2) is 36.4 Å². The van der Waals surface area contributed by atoms with E-state index in [9.17, 15) is 4.79 Å². The van der Waals surface area contributed by atoms with E-state index in [0.29, 0.717) is 18.2 Å². The Hall–Kier alpha value is -2.47. The Bertz CT molecular complexity index is 741. The molecule has 0 bridgehead atoms. The molecule has 6 nitrogen and oxygen atoms in total. The summed E-state index contributed by atoms with van der Waals surface area (Å²) in [6, 6.07) is 12.1. The standard InChI is InChI=1S/C21H29N5O/c1-3-25-12-14-26(15-13-25)21-23-17(2)16-19(24-21)20(27)22-11-7-10-18-8-5-4-6-9-18/h4-6,8-9,16H,3,7,10-15H2,1-2H3,(H,22,27). The first-order valence-corrected chi connectivity index (χ1v) is 9.81. The normalized spacial score (nSPS) is 15.0. The van der Waals surface area contributed by atoms with Crippen LogP contribution in [0.25, 0.3) is 0 Å². The number of amides is 1. The van der Waals surface area contributed by atoms with Crippen LogP contribution in [0.5, 0.6) is 0 Å². The molecule has 1 N–H and O–H groups in total. The summed E-state index contributed by atoms with van der Waals surface area (Å²) in [7, 11) is 0. The minimum atomic E-state index is -0.123. The van der Waals surface area contributed by atoms with E-state index in [2.05, 4.69) is 44.1 Å². The van der Waals surface area contributed by atoms with E-state index in [1.54, 1.807) is 6.07 Å². The summed E-state index contributed by atoms with van der Waals surface area (Å²) in [4.78, 5) is 26.2. The Labute approximate surface area is 161 Å². The Kier molecular flexibility index (Phi) is 6.76. The second kappa shape index (κ2) is 9.46. The van der Waals surface area contributed by atoms with Crippen LogP contribution in [0.3, 0.4) is 0 Å². The minimum Gasteiger partial charge on any atom is -0.351 e. The molecule has 144 valence electrons. The van der Waals surface area contributed by atoms with Crippen molar-refractivity contribution in [2.24, 2.45) is 0 Å². The highest BCUT2D eigenvalue weighted by atomic mass is 16.1. The first-order chi connectivity index (χ1) is 13.2. The lowest BCUT2D eigenvalue weighted by Gasteiger charge is -2.34. The number of aromatic nitrogens is 2. The fourth-order valence-electron chi connectivity index (χ4n) is 3.30. The van der Waals surface area contributed by atoms with E-state index < -0.39 is 0 Å². The van der Waals surface area contributed by atoms with Gasteiger partial charge < -0.3 is 15.1 Å². The maximum atomic E-state index is 12.5. The van der Waals surface area contributed by atoms with Gasteiger partial charge in [0.2, 0.25) is 5.95 Å². The van der Waals surface area contributed by atoms with E-state index >= 15 is 0 Å². The van der Waals surface area contributed by atoms with E-state index in [1.165, 1.54) is 5.56 Å². The molecule has 0 radical (unpaired) electrons. The van der Waals surface area contributed by atoms with Crippen molar-refractivity contribution in [3.05, 3.63) is 53.3 Å². The number of rotatable bonds is 7. The van der Waals surface area contributed by atoms with Crippen molar-refractivity contribution in [3.63, 3.8) is 0 Å². The number of hydrogen-bond donors (Lipinski definition) is 1. The number of nitrogens with zero attached hydrogens (tertiary/aromatic N) is 4. The van der Waals surface area contributed by atoms with Gasteiger partial charge in [-0.05, 0) is 37.9 Å². The van der Waals surface area contributed by atoms with Gasteiger partial charge >= 0.3 is 0 Å². The number of carbonyl (C=O) groups is 1. The maximum absolute atomic E-state index is 12.5. The predicted octanol–water partition coefficient (Wildman–Crippen LogP) is 2.29. The average Bonchev–Trinajstić information content (AvgIpc) is 2.71. The molecule has 2 aromatic rings. The van der Waals surface area contributed by atoms with Gasteiger partial charge in [-0.25, -0.2) is 9.97 Å². The smallest absolute Gasteiger partial charge is 0.270 e. The molecule has 27 heavy (non-hydrogen) atoms. The Balaban J connectivity index is 1.54. The lowest BCUT2D eigenvalue weighted by molar-refractivity contribution is 0.0948. The summed E-state index contributed by atoms with van der Waals surface area (Å²) in [5.74, 6) is 0.544. The van der Waals surface area contributed by atoms with Gasteiger partial charge in [-0.2, -0.15) is 0 Å². The molecule has 1 aliphatic rings. The SMILES string of the molecule is CCN1CCN(c2nc(C)cc(C(=O)NCCCc3ccccc3)n2)CC1. The summed E-state index contributed by atoms with van der Waals surface area (Å²) in [6.07, 6.45) is 1.86. The van der Waals surface area contributed by atoms with Gasteiger partial charge in [-0.15, -0.1) is 0 Å². The summed E-state index contributed by atoms with van der Waals surface area (Å²) in [6.45, 7) is 9.62. The van der Waals surface area contributed by atoms with Crippen molar-refractivity contribution >= 4 is 11.9 Å². The van der Waals surface area contributed by atoms with Gasteiger partial charge in [0.25, 0.3) is 5.91 Å². The molecule has 1 fully saturated rings. The molecule has 0 spiro atoms. The molecule has 1 amide bonds. The number of benzene rings is 1. The number of aryl methyl sites for hydroxylation is 2. The largest absolute Gasteiger partial charge is 0.351 e. The van der Waals surface area contributed by atoms with Crippen molar-refractivity contribution < 1.29 is 4.79 Å². The Morgan fingerprint density at radius 1 is 1.11 bits per heavy atom. The zero-order chi connectivity index (χ0) is 19.1. The van der Waals surface area contributed by atoms with E-state index in [1.807, 2.05) is 25.1 Å². The highest BCUT2D eigenvalue weighted by molar-refractivity contribution is 5.92. The van der Waals surface area contributed by atoms with Crippen molar-refractivity contribution in [1.29, 1.82) is 0 Å². The second-order valence-electron chi connectivity index (χ2n) is 6.96. The number of hydrogen-bond acceptors (Lipinski definition) is 5. The predicted molar refractivity (Wildman–Crippen MR) is 108 cm³/mol. The number of piperazine rings is 1. The number of nitrogens with one attached hydrogen (secondary N) is 1. The van der Waals surface area contributed by atoms with Crippen LogP contribution in [0.1, 0.15) is 35.1 Å². The van der Waals surface area contributed by atoms with E-state index in [4.69, 9.17) is 0 Å². The topological polar surface area (TPSA) is 61.4 Å². The molecule has 6 heteroatoms. The molecule has 0 atom stereocenters. The van der Waals surface area contributed by atoms with Crippen LogP contribution >= 0.6 is 0 Å². The summed E-state index contributed by atoms with van der Waals surface area (Å²) in [5, 5.41) is 2.99. The number of carbonyl (C=O) groups excluding carboxylic acids is 1. The second-order valence-corrected chi connectivity index (χ2v) is 6.96. The third-order valence-corrected chi connectivity index (χ3v) is 4.95. The Morgan fingerprint density at radius 3 is 2.56 bits per heavy atom. The van der Waals surface area contributed by atoms with E-state index in [-0.39, 0.29) is 5.91 Å². The maximum Gasteiger partial charge on any atom is 0.270 e. The van der Waals surface area contributed by atoms with Crippen LogP contribution in [0.2, 0.25) is 0 Å². The minimum absolute atomic E-state index is 0.123.